The molecule has 154 valence electrons. The van der Waals surface area contributed by atoms with Gasteiger partial charge in [-0.05, 0) is 30.7 Å². The lowest BCUT2D eigenvalue weighted by Crippen LogP contribution is -2.36. The fourth-order valence-electron chi connectivity index (χ4n) is 2.71. The first-order valence-electron chi connectivity index (χ1n) is 9.10. The van der Waals surface area contributed by atoms with Gasteiger partial charge in [-0.2, -0.15) is 0 Å². The second-order valence-corrected chi connectivity index (χ2v) is 9.00. The van der Waals surface area contributed by atoms with E-state index in [0.29, 0.717) is 30.7 Å². The summed E-state index contributed by atoms with van der Waals surface area (Å²) in [6, 6.07) is 12.4. The van der Waals surface area contributed by atoms with E-state index in [4.69, 9.17) is 0 Å². The molecule has 0 aliphatic rings. The lowest BCUT2D eigenvalue weighted by Gasteiger charge is -2.11. The van der Waals surface area contributed by atoms with Crippen LogP contribution >= 0.6 is 0 Å². The Morgan fingerprint density at radius 1 is 1.10 bits per heavy atom. The van der Waals surface area contributed by atoms with Gasteiger partial charge < -0.3 is 10.6 Å². The predicted octanol–water partition coefficient (Wildman–Crippen LogP) is 1.49. The monoisotopic (exact) mass is 416 g/mol. The largest absolute Gasteiger partial charge is 0.336 e. The molecule has 1 heterocycles. The summed E-state index contributed by atoms with van der Waals surface area (Å²) in [5.41, 5.74) is 3.38. The van der Waals surface area contributed by atoms with Crippen LogP contribution in [0.5, 0.6) is 0 Å². The van der Waals surface area contributed by atoms with Gasteiger partial charge in [-0.15, -0.1) is 5.10 Å². The Balaban J connectivity index is 1.55. The van der Waals surface area contributed by atoms with E-state index in [1.165, 1.54) is 31.8 Å². The van der Waals surface area contributed by atoms with Crippen molar-refractivity contribution in [2.24, 2.45) is 0 Å². The first-order chi connectivity index (χ1) is 13.8. The maximum atomic E-state index is 12.2. The van der Waals surface area contributed by atoms with Gasteiger partial charge in [-0.25, -0.2) is 22.2 Å². The van der Waals surface area contributed by atoms with Crippen LogP contribution in [-0.2, 0) is 23.1 Å². The summed E-state index contributed by atoms with van der Waals surface area (Å²) >= 11 is 0. The molecule has 0 spiro atoms. The Morgan fingerprint density at radius 2 is 1.83 bits per heavy atom. The Labute approximate surface area is 169 Å². The Bertz CT molecular complexity index is 1110. The first-order valence-corrected chi connectivity index (χ1v) is 10.5. The van der Waals surface area contributed by atoms with Gasteiger partial charge in [0.25, 0.3) is 0 Å². The zero-order chi connectivity index (χ0) is 21.0. The number of hydrogen-bond donors (Lipinski definition) is 2. The molecule has 0 saturated heterocycles. The second-order valence-electron chi connectivity index (χ2n) is 6.85. The van der Waals surface area contributed by atoms with Crippen LogP contribution in [0.2, 0.25) is 0 Å². The number of nitrogens with zero attached hydrogens (tertiary/aromatic N) is 4. The minimum Gasteiger partial charge on any atom is -0.336 e. The maximum Gasteiger partial charge on any atom is 0.315 e. The third kappa shape index (κ3) is 4.90. The number of amides is 2. The van der Waals surface area contributed by atoms with Crippen LogP contribution in [0.15, 0.2) is 47.4 Å². The molecular weight excluding hydrogens is 392 g/mol. The van der Waals surface area contributed by atoms with E-state index in [-0.39, 0.29) is 10.9 Å². The SMILES string of the molecule is Cc1ccc(CNC(=O)NCCn2nnc3cc(S(=O)(=O)N(C)C)ccc32)cc1. The van der Waals surface area contributed by atoms with Crippen molar-refractivity contribution in [1.82, 2.24) is 29.9 Å². The number of nitrogens with one attached hydrogen (secondary N) is 2. The number of hydrogen-bond acceptors (Lipinski definition) is 5. The van der Waals surface area contributed by atoms with Crippen molar-refractivity contribution >= 4 is 27.1 Å². The summed E-state index contributed by atoms with van der Waals surface area (Å²) in [5, 5.41) is 13.7. The Morgan fingerprint density at radius 3 is 2.52 bits per heavy atom. The molecule has 29 heavy (non-hydrogen) atoms. The summed E-state index contributed by atoms with van der Waals surface area (Å²) in [6.07, 6.45) is 0. The van der Waals surface area contributed by atoms with Gasteiger partial charge in [0.05, 0.1) is 17.0 Å². The highest BCUT2D eigenvalue weighted by molar-refractivity contribution is 7.89. The van der Waals surface area contributed by atoms with Crippen LogP contribution in [0.1, 0.15) is 11.1 Å². The molecular formula is C19H24N6O3S. The summed E-state index contributed by atoms with van der Waals surface area (Å²) in [7, 11) is -0.572. The lowest BCUT2D eigenvalue weighted by molar-refractivity contribution is 0.240. The molecule has 3 rings (SSSR count). The quantitative estimate of drug-likeness (QED) is 0.606. The van der Waals surface area contributed by atoms with Crippen molar-refractivity contribution < 1.29 is 13.2 Å². The molecule has 9 nitrogen and oxygen atoms in total. The van der Waals surface area contributed by atoms with Gasteiger partial charge in [-0.3, -0.25) is 0 Å². The van der Waals surface area contributed by atoms with Gasteiger partial charge in [-0.1, -0.05) is 35.0 Å². The smallest absolute Gasteiger partial charge is 0.315 e. The van der Waals surface area contributed by atoms with E-state index >= 15 is 0 Å². The number of carbonyl (C=O) groups is 1. The molecule has 0 aliphatic carbocycles. The Hall–Kier alpha value is -2.98. The van der Waals surface area contributed by atoms with Gasteiger partial charge in [0.1, 0.15) is 5.52 Å². The molecule has 1 aromatic heterocycles. The van der Waals surface area contributed by atoms with Crippen LogP contribution in [0.3, 0.4) is 0 Å². The van der Waals surface area contributed by atoms with E-state index in [2.05, 4.69) is 20.9 Å². The number of aryl methyl sites for hydroxylation is 1. The second kappa shape index (κ2) is 8.58. The number of benzene rings is 2. The first kappa shape index (κ1) is 20.7. The zero-order valence-electron chi connectivity index (χ0n) is 16.6. The Kier molecular flexibility index (Phi) is 6.14. The van der Waals surface area contributed by atoms with Crippen LogP contribution in [0.4, 0.5) is 4.79 Å². The molecule has 2 aromatic carbocycles. The van der Waals surface area contributed by atoms with E-state index in [9.17, 15) is 13.2 Å². The summed E-state index contributed by atoms with van der Waals surface area (Å²) < 4.78 is 27.2. The van der Waals surface area contributed by atoms with E-state index in [1.54, 1.807) is 10.7 Å². The highest BCUT2D eigenvalue weighted by Crippen LogP contribution is 2.19. The number of rotatable bonds is 7. The lowest BCUT2D eigenvalue weighted by atomic mass is 10.1. The number of sulfonamides is 1. The van der Waals surface area contributed by atoms with Crippen LogP contribution in [-0.4, -0.2) is 54.4 Å². The van der Waals surface area contributed by atoms with Gasteiger partial charge in [0, 0.05) is 27.2 Å². The van der Waals surface area contributed by atoms with Gasteiger partial charge in [0.15, 0.2) is 0 Å². The molecule has 0 unspecified atom stereocenters. The highest BCUT2D eigenvalue weighted by Gasteiger charge is 2.18. The van der Waals surface area contributed by atoms with Crippen molar-refractivity contribution in [2.45, 2.75) is 24.9 Å². The summed E-state index contributed by atoms with van der Waals surface area (Å²) in [6.45, 7) is 3.23. The molecule has 10 heteroatoms. The minimum atomic E-state index is -3.53. The topological polar surface area (TPSA) is 109 Å². The fourth-order valence-corrected chi connectivity index (χ4v) is 3.64. The molecule has 2 N–H and O–H groups in total. The average Bonchev–Trinajstić information content (AvgIpc) is 3.10. The van der Waals surface area contributed by atoms with Crippen molar-refractivity contribution in [3.8, 4) is 0 Å². The van der Waals surface area contributed by atoms with Crippen LogP contribution in [0, 0.1) is 6.92 Å². The third-order valence-electron chi connectivity index (χ3n) is 4.45. The molecule has 0 bridgehead atoms. The molecule has 0 atom stereocenters. The molecule has 2 amide bonds. The highest BCUT2D eigenvalue weighted by atomic mass is 32.2. The number of urea groups is 1. The zero-order valence-corrected chi connectivity index (χ0v) is 17.4. The fraction of sp³-hybridized carbons (Fsp3) is 0.316. The molecule has 0 fully saturated rings. The van der Waals surface area contributed by atoms with Crippen molar-refractivity contribution in [3.63, 3.8) is 0 Å². The minimum absolute atomic E-state index is 0.163. The van der Waals surface area contributed by atoms with Crippen molar-refractivity contribution in [1.29, 1.82) is 0 Å². The number of fused-ring (bicyclic) bond motifs is 1. The van der Waals surface area contributed by atoms with E-state index < -0.39 is 10.0 Å². The number of aromatic nitrogens is 3. The van der Waals surface area contributed by atoms with Gasteiger partial charge in [0.2, 0.25) is 10.0 Å². The van der Waals surface area contributed by atoms with Gasteiger partial charge >= 0.3 is 6.03 Å². The average molecular weight is 417 g/mol. The maximum absolute atomic E-state index is 12.2. The standard InChI is InChI=1S/C19H24N6O3S/c1-14-4-6-15(7-5-14)13-21-19(26)20-10-11-25-18-9-8-16(12-17(18)22-23-25)29(27,28)24(2)3/h4-9,12H,10-11,13H2,1-3H3,(H2,20,21,26). The summed E-state index contributed by atoms with van der Waals surface area (Å²) in [5.74, 6) is 0. The summed E-state index contributed by atoms with van der Waals surface area (Å²) in [4.78, 5) is 12.1. The molecule has 3 aromatic rings. The number of carbonyl (C=O) groups excluding carboxylic acids is 1. The molecule has 0 aliphatic heterocycles. The van der Waals surface area contributed by atoms with E-state index in [1.807, 2.05) is 31.2 Å². The third-order valence-corrected chi connectivity index (χ3v) is 6.26. The molecule has 0 saturated carbocycles. The van der Waals surface area contributed by atoms with Crippen molar-refractivity contribution in [3.05, 3.63) is 53.6 Å². The molecule has 0 radical (unpaired) electrons. The van der Waals surface area contributed by atoms with Crippen molar-refractivity contribution in [2.75, 3.05) is 20.6 Å². The van der Waals surface area contributed by atoms with Crippen LogP contribution in [0.25, 0.3) is 11.0 Å². The van der Waals surface area contributed by atoms with E-state index in [0.717, 1.165) is 9.87 Å². The predicted molar refractivity (Wildman–Crippen MR) is 110 cm³/mol. The normalized spacial score (nSPS) is 11.7. The van der Waals surface area contributed by atoms with Crippen LogP contribution < -0.4 is 10.6 Å².